The lowest BCUT2D eigenvalue weighted by atomic mass is 9.89. The van der Waals surface area contributed by atoms with Crippen LogP contribution in [0.15, 0.2) is 29.2 Å². The maximum Gasteiger partial charge on any atom is 0.0289 e. The van der Waals surface area contributed by atoms with Crippen molar-refractivity contribution in [3.63, 3.8) is 0 Å². The third kappa shape index (κ3) is 4.02. The van der Waals surface area contributed by atoms with Gasteiger partial charge in [0.1, 0.15) is 0 Å². The van der Waals surface area contributed by atoms with Gasteiger partial charge in [0.05, 0.1) is 0 Å². The molecule has 3 atom stereocenters. The molecule has 1 N–H and O–H groups in total. The third-order valence-electron chi connectivity index (χ3n) is 4.62. The first kappa shape index (κ1) is 15.9. The fourth-order valence-corrected chi connectivity index (χ4v) is 4.69. The molecule has 0 saturated heterocycles. The Kier molecular flexibility index (Phi) is 6.44. The van der Waals surface area contributed by atoms with Crippen molar-refractivity contribution < 1.29 is 0 Å². The molecule has 0 bridgehead atoms. The standard InChI is InChI=1S/C18H29NS/c1-4-6-9-14(5-2)12-16(19-3)18-13-15-10-7-8-11-17(15)20-18/h7-8,10-11,14,16,18-19H,4-6,9,12-13H2,1-3H3. The summed E-state index contributed by atoms with van der Waals surface area (Å²) in [5.74, 6) is 0.886. The minimum atomic E-state index is 0.647. The Morgan fingerprint density at radius 3 is 2.75 bits per heavy atom. The van der Waals surface area contributed by atoms with Crippen molar-refractivity contribution in [1.82, 2.24) is 5.32 Å². The first-order valence-electron chi connectivity index (χ1n) is 8.20. The van der Waals surface area contributed by atoms with Crippen molar-refractivity contribution in [2.24, 2.45) is 5.92 Å². The van der Waals surface area contributed by atoms with Crippen LogP contribution in [0.2, 0.25) is 0 Å². The molecule has 1 aliphatic rings. The zero-order valence-electron chi connectivity index (χ0n) is 13.2. The van der Waals surface area contributed by atoms with Crippen LogP contribution in [-0.4, -0.2) is 18.3 Å². The molecule has 2 rings (SSSR count). The highest BCUT2D eigenvalue weighted by Crippen LogP contribution is 2.39. The second-order valence-corrected chi connectivity index (χ2v) is 7.30. The van der Waals surface area contributed by atoms with E-state index in [1.54, 1.807) is 5.56 Å². The molecular weight excluding hydrogens is 262 g/mol. The summed E-state index contributed by atoms with van der Waals surface area (Å²) in [4.78, 5) is 1.50. The van der Waals surface area contributed by atoms with Crippen molar-refractivity contribution >= 4 is 11.8 Å². The fraction of sp³-hybridized carbons (Fsp3) is 0.667. The van der Waals surface area contributed by atoms with E-state index in [1.807, 2.05) is 0 Å². The summed E-state index contributed by atoms with van der Waals surface area (Å²) in [5, 5.41) is 4.32. The van der Waals surface area contributed by atoms with Gasteiger partial charge in [-0.25, -0.2) is 0 Å². The Bertz CT molecular complexity index is 379. The molecule has 0 radical (unpaired) electrons. The van der Waals surface area contributed by atoms with E-state index in [9.17, 15) is 0 Å². The molecule has 2 heteroatoms. The second-order valence-electron chi connectivity index (χ2n) is 6.02. The van der Waals surface area contributed by atoms with E-state index in [2.05, 4.69) is 62.2 Å². The van der Waals surface area contributed by atoms with Crippen LogP contribution >= 0.6 is 11.8 Å². The van der Waals surface area contributed by atoms with Gasteiger partial charge in [-0.15, -0.1) is 11.8 Å². The Balaban J connectivity index is 1.93. The van der Waals surface area contributed by atoms with Crippen LogP contribution in [-0.2, 0) is 6.42 Å². The monoisotopic (exact) mass is 291 g/mol. The van der Waals surface area contributed by atoms with Crippen LogP contribution in [0.3, 0.4) is 0 Å². The molecule has 3 unspecified atom stereocenters. The smallest absolute Gasteiger partial charge is 0.0289 e. The number of hydrogen-bond acceptors (Lipinski definition) is 2. The molecule has 0 fully saturated rings. The van der Waals surface area contributed by atoms with E-state index >= 15 is 0 Å². The lowest BCUT2D eigenvalue weighted by molar-refractivity contribution is 0.354. The normalized spacial score (nSPS) is 20.6. The second kappa shape index (κ2) is 8.09. The average Bonchev–Trinajstić information content (AvgIpc) is 2.91. The van der Waals surface area contributed by atoms with Gasteiger partial charge >= 0.3 is 0 Å². The van der Waals surface area contributed by atoms with Crippen molar-refractivity contribution in [3.05, 3.63) is 29.8 Å². The zero-order valence-corrected chi connectivity index (χ0v) is 14.0. The van der Waals surface area contributed by atoms with Crippen molar-refractivity contribution in [2.75, 3.05) is 7.05 Å². The van der Waals surface area contributed by atoms with E-state index in [-0.39, 0.29) is 0 Å². The maximum absolute atomic E-state index is 3.60. The summed E-state index contributed by atoms with van der Waals surface area (Å²) in [7, 11) is 2.14. The van der Waals surface area contributed by atoms with Crippen LogP contribution in [0.4, 0.5) is 0 Å². The predicted molar refractivity (Wildman–Crippen MR) is 90.6 cm³/mol. The number of benzene rings is 1. The highest BCUT2D eigenvalue weighted by atomic mass is 32.2. The van der Waals surface area contributed by atoms with Crippen LogP contribution in [0.5, 0.6) is 0 Å². The van der Waals surface area contributed by atoms with Gasteiger partial charge in [0, 0.05) is 16.2 Å². The van der Waals surface area contributed by atoms with E-state index in [1.165, 1.54) is 43.4 Å². The maximum atomic E-state index is 3.60. The number of nitrogens with one attached hydrogen (secondary N) is 1. The first-order valence-corrected chi connectivity index (χ1v) is 9.08. The lowest BCUT2D eigenvalue weighted by Crippen LogP contribution is -2.37. The molecule has 20 heavy (non-hydrogen) atoms. The summed E-state index contributed by atoms with van der Waals surface area (Å²) in [6, 6.07) is 9.56. The van der Waals surface area contributed by atoms with Crippen molar-refractivity contribution in [2.45, 2.75) is 68.6 Å². The van der Waals surface area contributed by atoms with Gasteiger partial charge in [-0.1, -0.05) is 57.7 Å². The van der Waals surface area contributed by atoms with Crippen LogP contribution in [0, 0.1) is 5.92 Å². The van der Waals surface area contributed by atoms with Crippen LogP contribution < -0.4 is 5.32 Å². The Labute approximate surface area is 128 Å². The minimum Gasteiger partial charge on any atom is -0.316 e. The van der Waals surface area contributed by atoms with Gasteiger partial charge in [0.2, 0.25) is 0 Å². The molecule has 1 aromatic rings. The first-order chi connectivity index (χ1) is 9.78. The number of hydrogen-bond donors (Lipinski definition) is 1. The van der Waals surface area contributed by atoms with Gasteiger partial charge in [-0.2, -0.15) is 0 Å². The largest absolute Gasteiger partial charge is 0.316 e. The third-order valence-corrected chi connectivity index (χ3v) is 6.07. The van der Waals surface area contributed by atoms with Gasteiger partial charge in [-0.3, -0.25) is 0 Å². The average molecular weight is 292 g/mol. The number of unbranched alkanes of at least 4 members (excludes halogenated alkanes) is 1. The van der Waals surface area contributed by atoms with E-state index in [0.717, 1.165) is 5.92 Å². The van der Waals surface area contributed by atoms with Gasteiger partial charge in [-0.05, 0) is 37.4 Å². The predicted octanol–water partition coefficient (Wildman–Crippen LogP) is 4.90. The SMILES string of the molecule is CCCCC(CC)CC(NC)C1Cc2ccccc2S1. The molecule has 0 aromatic heterocycles. The minimum absolute atomic E-state index is 0.647. The number of rotatable bonds is 8. The molecule has 112 valence electrons. The van der Waals surface area contributed by atoms with Gasteiger partial charge in [0.25, 0.3) is 0 Å². The topological polar surface area (TPSA) is 12.0 Å². The quantitative estimate of drug-likeness (QED) is 0.731. The lowest BCUT2D eigenvalue weighted by Gasteiger charge is -2.26. The van der Waals surface area contributed by atoms with Gasteiger partial charge in [0.15, 0.2) is 0 Å². The molecule has 0 amide bonds. The van der Waals surface area contributed by atoms with E-state index in [4.69, 9.17) is 0 Å². The summed E-state index contributed by atoms with van der Waals surface area (Å²) in [6.07, 6.45) is 7.99. The molecule has 0 saturated carbocycles. The van der Waals surface area contributed by atoms with Gasteiger partial charge < -0.3 is 5.32 Å². The van der Waals surface area contributed by atoms with E-state index in [0.29, 0.717) is 11.3 Å². The Morgan fingerprint density at radius 1 is 1.30 bits per heavy atom. The van der Waals surface area contributed by atoms with E-state index < -0.39 is 0 Å². The number of fused-ring (bicyclic) bond motifs is 1. The highest BCUT2D eigenvalue weighted by molar-refractivity contribution is 8.00. The van der Waals surface area contributed by atoms with Crippen LogP contribution in [0.25, 0.3) is 0 Å². The summed E-state index contributed by atoms with van der Waals surface area (Å²) in [5.41, 5.74) is 1.55. The van der Waals surface area contributed by atoms with Crippen LogP contribution in [0.1, 0.15) is 51.5 Å². The molecule has 1 nitrogen and oxygen atoms in total. The molecule has 1 aliphatic heterocycles. The molecule has 0 aliphatic carbocycles. The Hall–Kier alpha value is -0.470. The molecular formula is C18H29NS. The molecule has 0 spiro atoms. The Morgan fingerprint density at radius 2 is 2.10 bits per heavy atom. The molecule has 1 heterocycles. The summed E-state index contributed by atoms with van der Waals surface area (Å²) < 4.78 is 0. The summed E-state index contributed by atoms with van der Waals surface area (Å²) >= 11 is 2.08. The summed E-state index contributed by atoms with van der Waals surface area (Å²) in [6.45, 7) is 4.65. The van der Waals surface area contributed by atoms with Crippen molar-refractivity contribution in [1.29, 1.82) is 0 Å². The molecule has 1 aromatic carbocycles. The number of thioether (sulfide) groups is 1. The van der Waals surface area contributed by atoms with Crippen molar-refractivity contribution in [3.8, 4) is 0 Å². The highest BCUT2D eigenvalue weighted by Gasteiger charge is 2.29. The zero-order chi connectivity index (χ0) is 14.4. The fourth-order valence-electron chi connectivity index (χ4n) is 3.23.